The molecule has 0 N–H and O–H groups in total. The smallest absolute Gasteiger partial charge is 0.296 e. The van der Waals surface area contributed by atoms with Gasteiger partial charge in [-0.25, -0.2) is 0 Å². The van der Waals surface area contributed by atoms with Crippen LogP contribution in [0.15, 0.2) is 24.3 Å². The lowest BCUT2D eigenvalue weighted by atomic mass is 10.0. The van der Waals surface area contributed by atoms with Gasteiger partial charge in [0.25, 0.3) is 10.2 Å². The van der Waals surface area contributed by atoms with Crippen LogP contribution >= 0.6 is 12.4 Å². The molecule has 2 aliphatic rings. The second-order valence-electron chi connectivity index (χ2n) is 7.48. The Bertz CT molecular complexity index is 735. The Hall–Kier alpha value is -0.870. The van der Waals surface area contributed by atoms with Gasteiger partial charge in [0.1, 0.15) is 0 Å². The van der Waals surface area contributed by atoms with E-state index in [1.807, 2.05) is 0 Å². The molecule has 10 heteroatoms. The van der Waals surface area contributed by atoms with Gasteiger partial charge in [-0.1, -0.05) is 19.1 Å². The molecule has 2 heterocycles. The van der Waals surface area contributed by atoms with Gasteiger partial charge in [-0.05, 0) is 36.5 Å². The van der Waals surface area contributed by atoms with Crippen molar-refractivity contribution >= 4 is 22.6 Å². The van der Waals surface area contributed by atoms with E-state index in [-0.39, 0.29) is 12.4 Å². The third-order valence-corrected chi connectivity index (χ3v) is 7.29. The molecule has 1 atom stereocenters. The van der Waals surface area contributed by atoms with Gasteiger partial charge < -0.3 is 0 Å². The van der Waals surface area contributed by atoms with Crippen molar-refractivity contribution in [2.24, 2.45) is 5.92 Å². The normalized spacial score (nSPS) is 23.4. The maximum absolute atomic E-state index is 12.8. The minimum absolute atomic E-state index is 0. The number of rotatable bonds is 4. The summed E-state index contributed by atoms with van der Waals surface area (Å²) in [5.74, 6) is 0.384. The van der Waals surface area contributed by atoms with Crippen LogP contribution in [0.2, 0.25) is 0 Å². The Labute approximate surface area is 171 Å². The summed E-state index contributed by atoms with van der Waals surface area (Å²) in [6.07, 6.45) is -2.37. The van der Waals surface area contributed by atoms with Crippen molar-refractivity contribution in [3.05, 3.63) is 35.4 Å². The molecule has 1 aromatic rings. The van der Waals surface area contributed by atoms with E-state index in [2.05, 4.69) is 11.8 Å². The minimum Gasteiger partial charge on any atom is -0.296 e. The molecule has 1 aromatic carbocycles. The molecule has 1 unspecified atom stereocenters. The molecule has 2 saturated heterocycles. The van der Waals surface area contributed by atoms with Gasteiger partial charge in [0, 0.05) is 45.8 Å². The number of hydrogen-bond donors (Lipinski definition) is 0. The molecule has 0 aliphatic carbocycles. The van der Waals surface area contributed by atoms with Crippen molar-refractivity contribution < 1.29 is 21.6 Å². The Balaban J connectivity index is 0.00000280. The fraction of sp³-hybridized carbons (Fsp3) is 0.667. The highest BCUT2D eigenvalue weighted by molar-refractivity contribution is 7.86. The lowest BCUT2D eigenvalue weighted by molar-refractivity contribution is -0.137. The number of nitrogens with zero attached hydrogens (tertiary/aromatic N) is 3. The van der Waals surface area contributed by atoms with Crippen LogP contribution in [0.1, 0.15) is 30.9 Å². The van der Waals surface area contributed by atoms with Crippen LogP contribution in [0.5, 0.6) is 0 Å². The summed E-state index contributed by atoms with van der Waals surface area (Å²) in [6, 6.07) is 5.16. The van der Waals surface area contributed by atoms with Crippen LogP contribution in [0.25, 0.3) is 0 Å². The maximum atomic E-state index is 12.8. The number of piperidine rings is 1. The topological polar surface area (TPSA) is 43.9 Å². The fourth-order valence-electron chi connectivity index (χ4n) is 3.69. The standard InChI is InChI=1S/C18H26F3N3O2S.ClH/c1-15-3-2-8-24(13-15)27(25,26)23-11-9-22(10-12-23)14-16-4-6-17(7-5-16)18(19,20)21;/h4-7,15H,2-3,8-14H2,1H3;1H. The molecule has 0 amide bonds. The van der Waals surface area contributed by atoms with Crippen molar-refractivity contribution in [1.82, 2.24) is 13.5 Å². The van der Waals surface area contributed by atoms with Crippen LogP contribution < -0.4 is 0 Å². The molecule has 3 rings (SSSR count). The maximum Gasteiger partial charge on any atom is 0.416 e. The van der Waals surface area contributed by atoms with E-state index in [9.17, 15) is 21.6 Å². The summed E-state index contributed by atoms with van der Waals surface area (Å²) in [4.78, 5) is 2.08. The van der Waals surface area contributed by atoms with E-state index in [4.69, 9.17) is 0 Å². The van der Waals surface area contributed by atoms with Crippen molar-refractivity contribution in [2.45, 2.75) is 32.5 Å². The zero-order valence-electron chi connectivity index (χ0n) is 15.9. The third kappa shape index (κ3) is 5.60. The predicted molar refractivity (Wildman–Crippen MR) is 104 cm³/mol. The van der Waals surface area contributed by atoms with Crippen LogP contribution in [0.3, 0.4) is 0 Å². The minimum atomic E-state index is -4.33. The number of halogens is 4. The lowest BCUT2D eigenvalue weighted by Gasteiger charge is -2.38. The summed E-state index contributed by atoms with van der Waals surface area (Å²) in [6.45, 7) is 5.72. The molecule has 0 aromatic heterocycles. The van der Waals surface area contributed by atoms with Crippen LogP contribution in [0, 0.1) is 5.92 Å². The van der Waals surface area contributed by atoms with E-state index < -0.39 is 21.9 Å². The first-order valence-electron chi connectivity index (χ1n) is 9.30. The van der Waals surface area contributed by atoms with Gasteiger partial charge in [-0.15, -0.1) is 12.4 Å². The molecule has 0 saturated carbocycles. The summed E-state index contributed by atoms with van der Waals surface area (Å²) in [5.41, 5.74) is 0.141. The summed E-state index contributed by atoms with van der Waals surface area (Å²) < 4.78 is 66.6. The number of piperazine rings is 1. The summed E-state index contributed by atoms with van der Waals surface area (Å²) >= 11 is 0. The van der Waals surface area contributed by atoms with E-state index >= 15 is 0 Å². The second kappa shape index (κ2) is 9.30. The predicted octanol–water partition coefficient (Wildman–Crippen LogP) is 3.22. The molecule has 2 fully saturated rings. The van der Waals surface area contributed by atoms with Gasteiger partial charge in [0.15, 0.2) is 0 Å². The number of hydrogen-bond acceptors (Lipinski definition) is 3. The molecular formula is C18H27ClF3N3O2S. The van der Waals surface area contributed by atoms with Crippen molar-refractivity contribution in [3.63, 3.8) is 0 Å². The zero-order valence-corrected chi connectivity index (χ0v) is 17.5. The van der Waals surface area contributed by atoms with Crippen molar-refractivity contribution in [3.8, 4) is 0 Å². The van der Waals surface area contributed by atoms with E-state index in [1.54, 1.807) is 4.31 Å². The summed E-state index contributed by atoms with van der Waals surface area (Å²) in [7, 11) is -3.42. The van der Waals surface area contributed by atoms with Crippen LogP contribution in [-0.4, -0.2) is 61.2 Å². The second-order valence-corrected chi connectivity index (χ2v) is 9.41. The average Bonchev–Trinajstić information content (AvgIpc) is 2.62. The van der Waals surface area contributed by atoms with Crippen molar-refractivity contribution in [1.29, 1.82) is 0 Å². The van der Waals surface area contributed by atoms with E-state index in [1.165, 1.54) is 16.4 Å². The first kappa shape index (κ1) is 23.4. The van der Waals surface area contributed by atoms with Gasteiger partial charge in [-0.2, -0.15) is 30.2 Å². The Morgan fingerprint density at radius 1 is 1.00 bits per heavy atom. The molecule has 2 aliphatic heterocycles. The molecular weight excluding hydrogens is 415 g/mol. The van der Waals surface area contributed by atoms with Crippen LogP contribution in [-0.2, 0) is 22.9 Å². The highest BCUT2D eigenvalue weighted by Gasteiger charge is 2.34. The quantitative estimate of drug-likeness (QED) is 0.720. The highest BCUT2D eigenvalue weighted by atomic mass is 35.5. The summed E-state index contributed by atoms with van der Waals surface area (Å²) in [5, 5.41) is 0. The molecule has 0 spiro atoms. The van der Waals surface area contributed by atoms with E-state index in [0.29, 0.717) is 51.7 Å². The first-order valence-corrected chi connectivity index (χ1v) is 10.7. The van der Waals surface area contributed by atoms with Gasteiger partial charge >= 0.3 is 6.18 Å². The third-order valence-electron chi connectivity index (χ3n) is 5.29. The largest absolute Gasteiger partial charge is 0.416 e. The fourth-order valence-corrected chi connectivity index (χ4v) is 5.45. The van der Waals surface area contributed by atoms with Gasteiger partial charge in [0.2, 0.25) is 0 Å². The average molecular weight is 442 g/mol. The Kier molecular flexibility index (Phi) is 7.77. The molecule has 160 valence electrons. The van der Waals surface area contributed by atoms with Crippen LogP contribution in [0.4, 0.5) is 13.2 Å². The Morgan fingerprint density at radius 2 is 1.61 bits per heavy atom. The molecule has 0 bridgehead atoms. The molecule has 5 nitrogen and oxygen atoms in total. The van der Waals surface area contributed by atoms with Gasteiger partial charge in [0.05, 0.1) is 5.56 Å². The highest BCUT2D eigenvalue weighted by Crippen LogP contribution is 2.29. The monoisotopic (exact) mass is 441 g/mol. The first-order chi connectivity index (χ1) is 12.7. The van der Waals surface area contributed by atoms with Gasteiger partial charge in [-0.3, -0.25) is 4.90 Å². The number of alkyl halides is 3. The Morgan fingerprint density at radius 3 is 2.14 bits per heavy atom. The lowest BCUT2D eigenvalue weighted by Crippen LogP contribution is -2.54. The molecule has 28 heavy (non-hydrogen) atoms. The SMILES string of the molecule is CC1CCCN(S(=O)(=O)N2CCN(Cc3ccc(C(F)(F)F)cc3)CC2)C1.Cl. The number of benzene rings is 1. The van der Waals surface area contributed by atoms with E-state index in [0.717, 1.165) is 30.5 Å². The molecule has 0 radical (unpaired) electrons. The van der Waals surface area contributed by atoms with Crippen molar-refractivity contribution in [2.75, 3.05) is 39.3 Å². The zero-order chi connectivity index (χ0) is 19.7.